The molecular formula is C15H21Cl2N3S. The maximum absolute atomic E-state index is 4.83. The fraction of sp³-hybridized carbons (Fsp3) is 0.400. The van der Waals surface area contributed by atoms with Crippen molar-refractivity contribution in [3.8, 4) is 0 Å². The maximum atomic E-state index is 4.83. The molecule has 1 fully saturated rings. The van der Waals surface area contributed by atoms with E-state index in [1.54, 1.807) is 11.3 Å². The quantitative estimate of drug-likeness (QED) is 0.921. The third-order valence-corrected chi connectivity index (χ3v) is 4.56. The van der Waals surface area contributed by atoms with Gasteiger partial charge in [-0.25, -0.2) is 4.98 Å². The number of hydrogen-bond acceptors (Lipinski definition) is 4. The normalized spacial score (nSPS) is 15.8. The van der Waals surface area contributed by atoms with Crippen LogP contribution in [0, 0.1) is 0 Å². The van der Waals surface area contributed by atoms with Gasteiger partial charge in [0, 0.05) is 37.5 Å². The van der Waals surface area contributed by atoms with E-state index in [4.69, 9.17) is 4.98 Å². The first-order valence-corrected chi connectivity index (χ1v) is 7.68. The van der Waals surface area contributed by atoms with Gasteiger partial charge in [0.15, 0.2) is 5.13 Å². The van der Waals surface area contributed by atoms with Crippen molar-refractivity contribution in [2.45, 2.75) is 12.8 Å². The summed E-state index contributed by atoms with van der Waals surface area (Å²) < 4.78 is 0. The van der Waals surface area contributed by atoms with Gasteiger partial charge < -0.3 is 10.2 Å². The summed E-state index contributed by atoms with van der Waals surface area (Å²) in [6.07, 6.45) is 0. The molecule has 0 bridgehead atoms. The van der Waals surface area contributed by atoms with Crippen molar-refractivity contribution in [2.24, 2.45) is 0 Å². The van der Waals surface area contributed by atoms with Crippen LogP contribution in [0.5, 0.6) is 0 Å². The summed E-state index contributed by atoms with van der Waals surface area (Å²) in [4.78, 5) is 7.20. The van der Waals surface area contributed by atoms with Crippen molar-refractivity contribution >= 4 is 41.3 Å². The zero-order valence-electron chi connectivity index (χ0n) is 12.0. The van der Waals surface area contributed by atoms with Gasteiger partial charge in [0.05, 0.1) is 5.69 Å². The Labute approximate surface area is 142 Å². The minimum atomic E-state index is 0. The molecule has 3 rings (SSSR count). The molecule has 0 aliphatic carbocycles. The van der Waals surface area contributed by atoms with Gasteiger partial charge in [-0.2, -0.15) is 0 Å². The molecule has 1 aromatic heterocycles. The Hall–Kier alpha value is -0.810. The summed E-state index contributed by atoms with van der Waals surface area (Å²) >= 11 is 1.77. The fourth-order valence-electron chi connectivity index (χ4n) is 2.39. The van der Waals surface area contributed by atoms with E-state index in [2.05, 4.69) is 52.9 Å². The number of benzene rings is 1. The highest BCUT2D eigenvalue weighted by molar-refractivity contribution is 7.13. The van der Waals surface area contributed by atoms with E-state index in [-0.39, 0.29) is 24.8 Å². The molecule has 0 radical (unpaired) electrons. The minimum Gasteiger partial charge on any atom is -0.346 e. The average Bonchev–Trinajstić information content (AvgIpc) is 2.98. The zero-order chi connectivity index (χ0) is 13.1. The molecule has 2 heterocycles. The number of piperazine rings is 1. The summed E-state index contributed by atoms with van der Waals surface area (Å²) in [5.41, 5.74) is 2.52. The molecule has 1 aliphatic rings. The highest BCUT2D eigenvalue weighted by atomic mass is 35.5. The Bertz CT molecular complexity index is 527. The van der Waals surface area contributed by atoms with Crippen LogP contribution in [-0.4, -0.2) is 31.2 Å². The molecule has 0 amide bonds. The standard InChI is InChI=1S/C15H19N3S.2ClH/c1-12(13-5-3-2-4-6-13)14-11-19-15(17-14)18-9-7-16-8-10-18;;/h2-6,11-12,16H,7-10H2,1H3;2*1H. The lowest BCUT2D eigenvalue weighted by atomic mass is 9.99. The second-order valence-electron chi connectivity index (χ2n) is 4.92. The van der Waals surface area contributed by atoms with Crippen molar-refractivity contribution in [2.75, 3.05) is 31.1 Å². The SMILES string of the molecule is CC(c1ccccc1)c1csc(N2CCNCC2)n1.Cl.Cl. The molecule has 1 N–H and O–H groups in total. The molecule has 1 aliphatic heterocycles. The Kier molecular flexibility index (Phi) is 7.46. The number of nitrogens with zero attached hydrogens (tertiary/aromatic N) is 2. The molecule has 6 heteroatoms. The van der Waals surface area contributed by atoms with Gasteiger partial charge in [-0.3, -0.25) is 0 Å². The number of nitrogens with one attached hydrogen (secondary N) is 1. The largest absolute Gasteiger partial charge is 0.346 e. The lowest BCUT2D eigenvalue weighted by molar-refractivity contribution is 0.587. The molecular weight excluding hydrogens is 325 g/mol. The van der Waals surface area contributed by atoms with E-state index in [0.717, 1.165) is 26.2 Å². The van der Waals surface area contributed by atoms with Crippen LogP contribution in [0.25, 0.3) is 0 Å². The number of aromatic nitrogens is 1. The van der Waals surface area contributed by atoms with Crippen molar-refractivity contribution in [1.82, 2.24) is 10.3 Å². The van der Waals surface area contributed by atoms with Crippen LogP contribution in [-0.2, 0) is 0 Å². The molecule has 3 nitrogen and oxygen atoms in total. The van der Waals surface area contributed by atoms with Gasteiger partial charge in [0.2, 0.25) is 0 Å². The lowest BCUT2D eigenvalue weighted by Crippen LogP contribution is -2.43. The number of anilines is 1. The Morgan fingerprint density at radius 1 is 1.14 bits per heavy atom. The fourth-order valence-corrected chi connectivity index (χ4v) is 3.36. The van der Waals surface area contributed by atoms with Crippen LogP contribution in [0.2, 0.25) is 0 Å². The zero-order valence-corrected chi connectivity index (χ0v) is 14.4. The van der Waals surface area contributed by atoms with Gasteiger partial charge in [0.1, 0.15) is 0 Å². The third-order valence-electron chi connectivity index (χ3n) is 3.64. The molecule has 1 saturated heterocycles. The summed E-state index contributed by atoms with van der Waals surface area (Å²) in [7, 11) is 0. The van der Waals surface area contributed by atoms with Crippen molar-refractivity contribution < 1.29 is 0 Å². The predicted octanol–water partition coefficient (Wildman–Crippen LogP) is 3.55. The van der Waals surface area contributed by atoms with Crippen LogP contribution in [0.1, 0.15) is 24.1 Å². The van der Waals surface area contributed by atoms with Crippen LogP contribution in [0.15, 0.2) is 35.7 Å². The smallest absolute Gasteiger partial charge is 0.185 e. The topological polar surface area (TPSA) is 28.2 Å². The van der Waals surface area contributed by atoms with E-state index >= 15 is 0 Å². The summed E-state index contributed by atoms with van der Waals surface area (Å²) in [5.74, 6) is 0.370. The van der Waals surface area contributed by atoms with E-state index < -0.39 is 0 Å². The Balaban J connectivity index is 0.00000110. The van der Waals surface area contributed by atoms with Crippen molar-refractivity contribution in [1.29, 1.82) is 0 Å². The highest BCUT2D eigenvalue weighted by Crippen LogP contribution is 2.29. The van der Waals surface area contributed by atoms with Gasteiger partial charge in [-0.05, 0) is 5.56 Å². The number of thiazole rings is 1. The minimum absolute atomic E-state index is 0. The second-order valence-corrected chi connectivity index (χ2v) is 5.76. The summed E-state index contributed by atoms with van der Waals surface area (Å²) in [5, 5.41) is 6.74. The number of rotatable bonds is 3. The predicted molar refractivity (Wildman–Crippen MR) is 95.7 cm³/mol. The molecule has 2 aromatic rings. The summed E-state index contributed by atoms with van der Waals surface area (Å²) in [6, 6.07) is 10.6. The van der Waals surface area contributed by atoms with Gasteiger partial charge in [0.25, 0.3) is 0 Å². The molecule has 116 valence electrons. The molecule has 21 heavy (non-hydrogen) atoms. The first-order chi connectivity index (χ1) is 9.34. The highest BCUT2D eigenvalue weighted by Gasteiger charge is 2.17. The number of halogens is 2. The van der Waals surface area contributed by atoms with Crippen LogP contribution in [0.3, 0.4) is 0 Å². The molecule has 1 aromatic carbocycles. The van der Waals surface area contributed by atoms with E-state index in [0.29, 0.717) is 5.92 Å². The van der Waals surface area contributed by atoms with Crippen molar-refractivity contribution in [3.05, 3.63) is 47.0 Å². The average molecular weight is 346 g/mol. The van der Waals surface area contributed by atoms with E-state index in [1.807, 2.05) is 0 Å². The van der Waals surface area contributed by atoms with Gasteiger partial charge in [-0.15, -0.1) is 36.2 Å². The maximum Gasteiger partial charge on any atom is 0.185 e. The van der Waals surface area contributed by atoms with E-state index in [9.17, 15) is 0 Å². The monoisotopic (exact) mass is 345 g/mol. The third kappa shape index (κ3) is 4.33. The first kappa shape index (κ1) is 18.2. The molecule has 1 atom stereocenters. The molecule has 1 unspecified atom stereocenters. The number of hydrogen-bond donors (Lipinski definition) is 1. The van der Waals surface area contributed by atoms with Crippen LogP contribution in [0.4, 0.5) is 5.13 Å². The van der Waals surface area contributed by atoms with Gasteiger partial charge >= 0.3 is 0 Å². The Morgan fingerprint density at radius 3 is 2.48 bits per heavy atom. The van der Waals surface area contributed by atoms with Crippen LogP contribution < -0.4 is 10.2 Å². The molecule has 0 spiro atoms. The lowest BCUT2D eigenvalue weighted by Gasteiger charge is -2.26. The Morgan fingerprint density at radius 2 is 1.81 bits per heavy atom. The van der Waals surface area contributed by atoms with Gasteiger partial charge in [-0.1, -0.05) is 37.3 Å². The first-order valence-electron chi connectivity index (χ1n) is 6.80. The van der Waals surface area contributed by atoms with E-state index in [1.165, 1.54) is 16.4 Å². The summed E-state index contributed by atoms with van der Waals surface area (Å²) in [6.45, 7) is 6.47. The second kappa shape index (κ2) is 8.59. The molecule has 0 saturated carbocycles. The van der Waals surface area contributed by atoms with Crippen LogP contribution >= 0.6 is 36.2 Å². The van der Waals surface area contributed by atoms with Crippen molar-refractivity contribution in [3.63, 3.8) is 0 Å².